The molecule has 0 saturated heterocycles. The van der Waals surface area contributed by atoms with Crippen molar-refractivity contribution in [2.45, 2.75) is 6.54 Å². The zero-order chi connectivity index (χ0) is 14.3. The van der Waals surface area contributed by atoms with Crippen LogP contribution in [0.25, 0.3) is 10.8 Å². The fourth-order valence-corrected chi connectivity index (χ4v) is 2.27. The third kappa shape index (κ3) is 3.58. The summed E-state index contributed by atoms with van der Waals surface area (Å²) in [6.45, 7) is 2.19. The monoisotopic (exact) mass is 278 g/mol. The second-order valence-electron chi connectivity index (χ2n) is 4.82. The Balaban J connectivity index is 1.51. The molecule has 1 N–H and O–H groups in total. The van der Waals surface area contributed by atoms with Crippen molar-refractivity contribution in [1.29, 1.82) is 0 Å². The first kappa shape index (κ1) is 13.6. The van der Waals surface area contributed by atoms with Gasteiger partial charge in [0.15, 0.2) is 0 Å². The molecule has 3 aromatic rings. The number of aromatic nitrogens is 1. The van der Waals surface area contributed by atoms with Gasteiger partial charge in [0.2, 0.25) is 0 Å². The Morgan fingerprint density at radius 2 is 1.76 bits per heavy atom. The number of nitrogens with one attached hydrogen (secondary N) is 1. The highest BCUT2D eigenvalue weighted by atomic mass is 16.5. The van der Waals surface area contributed by atoms with Gasteiger partial charge in [0, 0.05) is 24.7 Å². The van der Waals surface area contributed by atoms with E-state index in [1.807, 2.05) is 48.7 Å². The van der Waals surface area contributed by atoms with E-state index in [1.54, 1.807) is 0 Å². The van der Waals surface area contributed by atoms with Crippen molar-refractivity contribution in [3.63, 3.8) is 0 Å². The summed E-state index contributed by atoms with van der Waals surface area (Å²) >= 11 is 0. The Labute approximate surface area is 124 Å². The molecule has 3 heteroatoms. The van der Waals surface area contributed by atoms with Gasteiger partial charge in [-0.25, -0.2) is 0 Å². The second kappa shape index (κ2) is 6.86. The van der Waals surface area contributed by atoms with Crippen LogP contribution in [0.5, 0.6) is 5.75 Å². The van der Waals surface area contributed by atoms with Gasteiger partial charge in [0.25, 0.3) is 0 Å². The van der Waals surface area contributed by atoms with E-state index in [-0.39, 0.29) is 0 Å². The predicted octanol–water partition coefficient (Wildman–Crippen LogP) is 3.40. The van der Waals surface area contributed by atoms with Gasteiger partial charge in [-0.15, -0.1) is 0 Å². The van der Waals surface area contributed by atoms with Crippen molar-refractivity contribution < 1.29 is 4.74 Å². The van der Waals surface area contributed by atoms with Crippen LogP contribution in [0, 0.1) is 0 Å². The van der Waals surface area contributed by atoms with Gasteiger partial charge in [-0.2, -0.15) is 0 Å². The topological polar surface area (TPSA) is 34.1 Å². The van der Waals surface area contributed by atoms with Crippen LogP contribution in [-0.2, 0) is 6.54 Å². The summed E-state index contributed by atoms with van der Waals surface area (Å²) in [6, 6.07) is 20.3. The lowest BCUT2D eigenvalue weighted by Gasteiger charge is -2.10. The molecule has 1 heterocycles. The minimum atomic E-state index is 0.640. The molecule has 0 aliphatic carbocycles. The van der Waals surface area contributed by atoms with E-state index in [9.17, 15) is 0 Å². The fraction of sp³-hybridized carbons (Fsp3) is 0.167. The van der Waals surface area contributed by atoms with Crippen LogP contribution in [-0.4, -0.2) is 18.1 Å². The first-order valence-electron chi connectivity index (χ1n) is 7.15. The Hall–Kier alpha value is -2.39. The number of fused-ring (bicyclic) bond motifs is 1. The lowest BCUT2D eigenvalue weighted by atomic mass is 10.1. The van der Waals surface area contributed by atoms with Crippen LogP contribution >= 0.6 is 0 Å². The zero-order valence-electron chi connectivity index (χ0n) is 11.8. The summed E-state index contributed by atoms with van der Waals surface area (Å²) in [5.74, 6) is 0.938. The minimum Gasteiger partial charge on any atom is -0.492 e. The van der Waals surface area contributed by atoms with Gasteiger partial charge >= 0.3 is 0 Å². The number of ether oxygens (including phenoxy) is 1. The predicted molar refractivity (Wildman–Crippen MR) is 85.4 cm³/mol. The molecule has 0 radical (unpaired) electrons. The molecule has 21 heavy (non-hydrogen) atoms. The van der Waals surface area contributed by atoms with Gasteiger partial charge in [-0.3, -0.25) is 4.98 Å². The van der Waals surface area contributed by atoms with E-state index in [1.165, 1.54) is 5.39 Å². The standard InChI is InChI=1S/C18H18N2O/c1-2-9-17-15(6-1)7-5-10-18(17)21-13-12-19-14-16-8-3-4-11-20-16/h1-11,19H,12-14H2. The molecule has 0 atom stereocenters. The van der Waals surface area contributed by atoms with E-state index in [2.05, 4.69) is 28.5 Å². The Morgan fingerprint density at radius 3 is 2.67 bits per heavy atom. The number of rotatable bonds is 6. The molecule has 0 aliphatic rings. The highest BCUT2D eigenvalue weighted by Crippen LogP contribution is 2.24. The van der Waals surface area contributed by atoms with Gasteiger partial charge in [0.1, 0.15) is 12.4 Å². The number of pyridine rings is 1. The molecule has 1 aromatic heterocycles. The van der Waals surface area contributed by atoms with Crippen molar-refractivity contribution in [2.24, 2.45) is 0 Å². The normalized spacial score (nSPS) is 10.7. The highest BCUT2D eigenvalue weighted by molar-refractivity contribution is 5.88. The molecule has 2 aromatic carbocycles. The highest BCUT2D eigenvalue weighted by Gasteiger charge is 2.00. The molecule has 3 nitrogen and oxygen atoms in total. The van der Waals surface area contributed by atoms with E-state index in [4.69, 9.17) is 4.74 Å². The average Bonchev–Trinajstić information content (AvgIpc) is 2.56. The zero-order valence-corrected chi connectivity index (χ0v) is 11.8. The van der Waals surface area contributed by atoms with Gasteiger partial charge in [-0.05, 0) is 23.6 Å². The molecular weight excluding hydrogens is 260 g/mol. The Bertz CT molecular complexity index is 692. The summed E-state index contributed by atoms with van der Waals surface area (Å²) < 4.78 is 5.87. The first-order chi connectivity index (χ1) is 10.4. The van der Waals surface area contributed by atoms with Crippen LogP contribution < -0.4 is 10.1 Å². The summed E-state index contributed by atoms with van der Waals surface area (Å²) in [5, 5.41) is 5.69. The lowest BCUT2D eigenvalue weighted by Crippen LogP contribution is -2.21. The number of hydrogen-bond acceptors (Lipinski definition) is 3. The SMILES string of the molecule is c1ccc(CNCCOc2cccc3ccccc23)nc1. The quantitative estimate of drug-likeness (QED) is 0.702. The second-order valence-corrected chi connectivity index (χ2v) is 4.82. The van der Waals surface area contributed by atoms with Crippen LogP contribution in [0.3, 0.4) is 0 Å². The van der Waals surface area contributed by atoms with E-state index in [0.29, 0.717) is 6.61 Å². The molecule has 0 unspecified atom stereocenters. The fourth-order valence-electron chi connectivity index (χ4n) is 2.27. The van der Waals surface area contributed by atoms with Gasteiger partial charge < -0.3 is 10.1 Å². The maximum Gasteiger partial charge on any atom is 0.127 e. The number of benzene rings is 2. The first-order valence-corrected chi connectivity index (χ1v) is 7.15. The van der Waals surface area contributed by atoms with E-state index < -0.39 is 0 Å². The van der Waals surface area contributed by atoms with Crippen LogP contribution in [0.15, 0.2) is 66.9 Å². The van der Waals surface area contributed by atoms with Crippen molar-refractivity contribution >= 4 is 10.8 Å². The lowest BCUT2D eigenvalue weighted by molar-refractivity contribution is 0.317. The van der Waals surface area contributed by atoms with Crippen LogP contribution in [0.2, 0.25) is 0 Å². The third-order valence-electron chi connectivity index (χ3n) is 3.32. The van der Waals surface area contributed by atoms with Crippen LogP contribution in [0.4, 0.5) is 0 Å². The Kier molecular flexibility index (Phi) is 4.44. The molecular formula is C18H18N2O. The van der Waals surface area contributed by atoms with E-state index >= 15 is 0 Å². The molecule has 0 amide bonds. The van der Waals surface area contributed by atoms with Crippen molar-refractivity contribution in [3.8, 4) is 5.75 Å². The van der Waals surface area contributed by atoms with Gasteiger partial charge in [0.05, 0.1) is 5.69 Å². The average molecular weight is 278 g/mol. The van der Waals surface area contributed by atoms with Crippen molar-refractivity contribution in [3.05, 3.63) is 72.6 Å². The van der Waals surface area contributed by atoms with Crippen molar-refractivity contribution in [1.82, 2.24) is 10.3 Å². The summed E-state index contributed by atoms with van der Waals surface area (Å²) in [7, 11) is 0. The molecule has 0 spiro atoms. The maximum absolute atomic E-state index is 5.87. The van der Waals surface area contributed by atoms with Crippen LogP contribution in [0.1, 0.15) is 5.69 Å². The molecule has 0 bridgehead atoms. The maximum atomic E-state index is 5.87. The molecule has 106 valence electrons. The summed E-state index contributed by atoms with van der Waals surface area (Å²) in [6.07, 6.45) is 1.81. The smallest absolute Gasteiger partial charge is 0.127 e. The summed E-state index contributed by atoms with van der Waals surface area (Å²) in [5.41, 5.74) is 1.04. The summed E-state index contributed by atoms with van der Waals surface area (Å²) in [4.78, 5) is 4.27. The van der Waals surface area contributed by atoms with E-state index in [0.717, 1.165) is 29.9 Å². The number of nitrogens with zero attached hydrogens (tertiary/aromatic N) is 1. The molecule has 0 aliphatic heterocycles. The third-order valence-corrected chi connectivity index (χ3v) is 3.32. The molecule has 0 fully saturated rings. The molecule has 3 rings (SSSR count). The number of hydrogen-bond donors (Lipinski definition) is 1. The largest absolute Gasteiger partial charge is 0.492 e. The minimum absolute atomic E-state index is 0.640. The molecule has 0 saturated carbocycles. The van der Waals surface area contributed by atoms with Crippen molar-refractivity contribution in [2.75, 3.05) is 13.2 Å². The van der Waals surface area contributed by atoms with Gasteiger partial charge in [-0.1, -0.05) is 42.5 Å². The Morgan fingerprint density at radius 1 is 0.905 bits per heavy atom.